The molecule has 3 aromatic rings. The molecule has 0 saturated heterocycles. The van der Waals surface area contributed by atoms with Crippen LogP contribution in [-0.4, -0.2) is 27.7 Å². The van der Waals surface area contributed by atoms with Gasteiger partial charge in [0.1, 0.15) is 10.6 Å². The van der Waals surface area contributed by atoms with Crippen molar-refractivity contribution in [3.8, 4) is 17.1 Å². The molecule has 0 atom stereocenters. The Morgan fingerprint density at radius 1 is 1.04 bits per heavy atom. The number of sulfonamides is 1. The molecular weight excluding hydrogens is 364 g/mol. The van der Waals surface area contributed by atoms with Crippen molar-refractivity contribution in [3.05, 3.63) is 59.3 Å². The zero-order valence-corrected chi connectivity index (χ0v) is 16.8. The molecule has 6 nitrogen and oxygen atoms in total. The van der Waals surface area contributed by atoms with Crippen LogP contribution in [0, 0.1) is 20.8 Å². The molecule has 2 aromatic carbocycles. The van der Waals surface area contributed by atoms with Gasteiger partial charge in [0, 0.05) is 18.2 Å². The second-order valence-electron chi connectivity index (χ2n) is 6.40. The van der Waals surface area contributed by atoms with Crippen molar-refractivity contribution in [1.82, 2.24) is 5.16 Å². The lowest BCUT2D eigenvalue weighted by Crippen LogP contribution is -2.27. The fraction of sp³-hybridized carbons (Fsp3) is 0.250. The third-order valence-corrected chi connectivity index (χ3v) is 6.43. The highest BCUT2D eigenvalue weighted by atomic mass is 32.2. The summed E-state index contributed by atoms with van der Waals surface area (Å²) in [6.07, 6.45) is 0. The Balaban J connectivity index is 2.12. The first kappa shape index (κ1) is 19.0. The number of nitrogens with zero attached hydrogens (tertiary/aromatic N) is 2. The van der Waals surface area contributed by atoms with E-state index >= 15 is 0 Å². The maximum Gasteiger partial charge on any atom is 0.267 e. The van der Waals surface area contributed by atoms with Crippen LogP contribution in [0.3, 0.4) is 0 Å². The van der Waals surface area contributed by atoms with Gasteiger partial charge in [-0.25, -0.2) is 8.42 Å². The van der Waals surface area contributed by atoms with Gasteiger partial charge in [-0.2, -0.15) is 0 Å². The number of benzene rings is 2. The molecule has 1 heterocycles. The van der Waals surface area contributed by atoms with Crippen molar-refractivity contribution < 1.29 is 17.7 Å². The maximum absolute atomic E-state index is 13.3. The summed E-state index contributed by atoms with van der Waals surface area (Å²) in [5.74, 6) is 0.816. The van der Waals surface area contributed by atoms with Crippen LogP contribution >= 0.6 is 0 Å². The predicted octanol–water partition coefficient (Wildman–Crippen LogP) is 4.10. The van der Waals surface area contributed by atoms with Crippen LogP contribution in [-0.2, 0) is 10.0 Å². The lowest BCUT2D eigenvalue weighted by molar-refractivity contribution is 0.402. The van der Waals surface area contributed by atoms with Gasteiger partial charge in [0.05, 0.1) is 18.5 Å². The number of methoxy groups -OCH3 is 1. The average molecular weight is 386 g/mol. The van der Waals surface area contributed by atoms with Crippen molar-refractivity contribution in [2.45, 2.75) is 25.7 Å². The van der Waals surface area contributed by atoms with Crippen molar-refractivity contribution in [1.29, 1.82) is 0 Å². The van der Waals surface area contributed by atoms with Gasteiger partial charge in [-0.05, 0) is 51.1 Å². The normalized spacial score (nSPS) is 11.4. The van der Waals surface area contributed by atoms with Crippen LogP contribution in [0.1, 0.15) is 16.8 Å². The van der Waals surface area contributed by atoms with Gasteiger partial charge >= 0.3 is 0 Å². The van der Waals surface area contributed by atoms with E-state index in [9.17, 15) is 8.42 Å². The van der Waals surface area contributed by atoms with Crippen molar-refractivity contribution in [3.63, 3.8) is 0 Å². The monoisotopic (exact) mass is 386 g/mol. The lowest BCUT2D eigenvalue weighted by atomic mass is 10.1. The SMILES string of the molecule is COc1ccc(-c2onc(C)c2C)cc1S(=O)(=O)N(C)c1ccc(C)cc1. The molecule has 1 aromatic heterocycles. The summed E-state index contributed by atoms with van der Waals surface area (Å²) in [6.45, 7) is 5.68. The molecule has 0 aliphatic heterocycles. The number of hydrogen-bond donors (Lipinski definition) is 0. The molecule has 0 N–H and O–H groups in total. The molecule has 0 spiro atoms. The number of anilines is 1. The quantitative estimate of drug-likeness (QED) is 0.660. The van der Waals surface area contributed by atoms with Crippen LogP contribution in [0.5, 0.6) is 5.75 Å². The second kappa shape index (κ2) is 7.08. The van der Waals surface area contributed by atoms with E-state index in [4.69, 9.17) is 9.26 Å². The summed E-state index contributed by atoms with van der Waals surface area (Å²) in [5.41, 5.74) is 3.89. The van der Waals surface area contributed by atoms with Crippen molar-refractivity contribution in [2.75, 3.05) is 18.5 Å². The third kappa shape index (κ3) is 3.42. The summed E-state index contributed by atoms with van der Waals surface area (Å²) in [5, 5.41) is 3.95. The molecule has 27 heavy (non-hydrogen) atoms. The third-order valence-electron chi connectivity index (χ3n) is 4.62. The first-order valence-corrected chi connectivity index (χ1v) is 9.86. The fourth-order valence-corrected chi connectivity index (χ4v) is 4.12. The van der Waals surface area contributed by atoms with Gasteiger partial charge in [-0.3, -0.25) is 4.31 Å². The Morgan fingerprint density at radius 2 is 1.70 bits per heavy atom. The van der Waals surface area contributed by atoms with Crippen molar-refractivity contribution >= 4 is 15.7 Å². The summed E-state index contributed by atoms with van der Waals surface area (Å²) in [7, 11) is -0.866. The Bertz CT molecular complexity index is 1070. The Hall–Kier alpha value is -2.80. The number of aryl methyl sites for hydroxylation is 2. The van der Waals surface area contributed by atoms with Crippen molar-refractivity contribution in [2.24, 2.45) is 0 Å². The van der Waals surface area contributed by atoms with E-state index in [1.807, 2.05) is 32.9 Å². The molecule has 0 amide bonds. The number of aromatic nitrogens is 1. The number of hydrogen-bond acceptors (Lipinski definition) is 5. The summed E-state index contributed by atoms with van der Waals surface area (Å²) in [6, 6.07) is 12.2. The van der Waals surface area contributed by atoms with E-state index in [0.717, 1.165) is 16.8 Å². The van der Waals surface area contributed by atoms with E-state index in [2.05, 4.69) is 5.16 Å². The van der Waals surface area contributed by atoms with E-state index in [0.29, 0.717) is 17.0 Å². The molecule has 0 aliphatic carbocycles. The zero-order chi connectivity index (χ0) is 19.8. The molecule has 0 bridgehead atoms. The first-order valence-electron chi connectivity index (χ1n) is 8.42. The van der Waals surface area contributed by atoms with Crippen LogP contribution in [0.25, 0.3) is 11.3 Å². The van der Waals surface area contributed by atoms with E-state index in [1.165, 1.54) is 18.5 Å². The first-order chi connectivity index (χ1) is 12.8. The predicted molar refractivity (Wildman–Crippen MR) is 105 cm³/mol. The largest absolute Gasteiger partial charge is 0.495 e. The average Bonchev–Trinajstić information content (AvgIpc) is 3.00. The molecule has 3 rings (SSSR count). The minimum Gasteiger partial charge on any atom is -0.495 e. The lowest BCUT2D eigenvalue weighted by Gasteiger charge is -2.21. The van der Waals surface area contributed by atoms with Gasteiger partial charge in [-0.1, -0.05) is 22.9 Å². The van der Waals surface area contributed by atoms with Gasteiger partial charge < -0.3 is 9.26 Å². The number of rotatable bonds is 5. The highest BCUT2D eigenvalue weighted by Crippen LogP contribution is 2.34. The minimum absolute atomic E-state index is 0.0685. The van der Waals surface area contributed by atoms with E-state index < -0.39 is 10.0 Å². The summed E-state index contributed by atoms with van der Waals surface area (Å²) >= 11 is 0. The zero-order valence-electron chi connectivity index (χ0n) is 16.0. The minimum atomic E-state index is -3.84. The van der Waals surface area contributed by atoms with Gasteiger partial charge in [0.2, 0.25) is 0 Å². The molecule has 7 heteroatoms. The highest BCUT2D eigenvalue weighted by Gasteiger charge is 2.27. The van der Waals surface area contributed by atoms with E-state index in [-0.39, 0.29) is 10.6 Å². The Morgan fingerprint density at radius 3 is 2.26 bits per heavy atom. The smallest absolute Gasteiger partial charge is 0.267 e. The molecule has 0 unspecified atom stereocenters. The van der Waals surface area contributed by atoms with Gasteiger partial charge in [-0.15, -0.1) is 0 Å². The Kier molecular flexibility index (Phi) is 4.97. The summed E-state index contributed by atoms with van der Waals surface area (Å²) in [4.78, 5) is 0.0685. The molecule has 0 fully saturated rings. The molecule has 0 radical (unpaired) electrons. The van der Waals surface area contributed by atoms with Gasteiger partial charge in [0.15, 0.2) is 5.76 Å². The summed E-state index contributed by atoms with van der Waals surface area (Å²) < 4.78 is 38.5. The van der Waals surface area contributed by atoms with Crippen LogP contribution in [0.4, 0.5) is 5.69 Å². The molecular formula is C20H22N2O4S. The van der Waals surface area contributed by atoms with E-state index in [1.54, 1.807) is 30.3 Å². The highest BCUT2D eigenvalue weighted by molar-refractivity contribution is 7.93. The topological polar surface area (TPSA) is 72.6 Å². The molecule has 0 aliphatic rings. The van der Waals surface area contributed by atoms with Crippen LogP contribution in [0.15, 0.2) is 51.9 Å². The fourth-order valence-electron chi connectivity index (χ4n) is 2.75. The maximum atomic E-state index is 13.3. The van der Waals surface area contributed by atoms with Crippen LogP contribution < -0.4 is 9.04 Å². The second-order valence-corrected chi connectivity index (χ2v) is 8.33. The molecule has 142 valence electrons. The standard InChI is InChI=1S/C20H22N2O4S/c1-13-6-9-17(10-7-13)22(4)27(23,24)19-12-16(8-11-18(19)25-5)20-14(2)15(3)21-26-20/h6-12H,1-5H3. The van der Waals surface area contributed by atoms with Gasteiger partial charge in [0.25, 0.3) is 10.0 Å². The number of ether oxygens (including phenoxy) is 1. The Labute approximate surface area is 159 Å². The molecule has 0 saturated carbocycles. The van der Waals surface area contributed by atoms with Crippen LogP contribution in [0.2, 0.25) is 0 Å².